The minimum atomic E-state index is -0.330. The van der Waals surface area contributed by atoms with Gasteiger partial charge in [-0.15, -0.1) is 0 Å². The van der Waals surface area contributed by atoms with Crippen molar-refractivity contribution in [2.45, 2.75) is 34.2 Å². The summed E-state index contributed by atoms with van der Waals surface area (Å²) in [6.07, 6.45) is 0. The number of benzene rings is 3. The summed E-state index contributed by atoms with van der Waals surface area (Å²) in [5.41, 5.74) is 7.45. The molecule has 0 bridgehead atoms. The van der Waals surface area contributed by atoms with Crippen LogP contribution in [0.5, 0.6) is 5.75 Å². The van der Waals surface area contributed by atoms with Crippen molar-refractivity contribution >= 4 is 23.1 Å². The molecule has 0 spiro atoms. The number of rotatable bonds is 6. The molecule has 0 fully saturated rings. The third kappa shape index (κ3) is 4.53. The molecule has 2 amide bonds. The van der Waals surface area contributed by atoms with E-state index in [9.17, 15) is 9.59 Å². The predicted octanol–water partition coefficient (Wildman–Crippen LogP) is 5.32. The Labute approximate surface area is 194 Å². The molecule has 1 aliphatic heterocycles. The van der Waals surface area contributed by atoms with Gasteiger partial charge in [0.25, 0.3) is 11.8 Å². The number of imide groups is 1. The van der Waals surface area contributed by atoms with Gasteiger partial charge in [0.2, 0.25) is 0 Å². The van der Waals surface area contributed by atoms with Gasteiger partial charge in [-0.2, -0.15) is 0 Å². The second kappa shape index (κ2) is 8.94. The molecule has 168 valence electrons. The van der Waals surface area contributed by atoms with Gasteiger partial charge in [-0.25, -0.2) is 0 Å². The fraction of sp³-hybridized carbons (Fsp3) is 0.214. The van der Waals surface area contributed by atoms with Gasteiger partial charge in [0.1, 0.15) is 11.4 Å². The fourth-order valence-corrected chi connectivity index (χ4v) is 4.11. The number of carbonyl (C=O) groups excluding carboxylic acids is 2. The molecule has 0 saturated carbocycles. The summed E-state index contributed by atoms with van der Waals surface area (Å²) in [5.74, 6) is 0.0955. The zero-order chi connectivity index (χ0) is 23.7. The first-order valence-electron chi connectivity index (χ1n) is 10.9. The molecule has 0 aliphatic carbocycles. The minimum Gasteiger partial charge on any atom is -0.497 e. The molecule has 0 radical (unpaired) electrons. The zero-order valence-corrected chi connectivity index (χ0v) is 19.7. The van der Waals surface area contributed by atoms with Crippen LogP contribution in [0.25, 0.3) is 5.57 Å². The fourth-order valence-electron chi connectivity index (χ4n) is 4.11. The van der Waals surface area contributed by atoms with E-state index in [0.717, 1.165) is 44.8 Å². The molecule has 0 saturated heterocycles. The van der Waals surface area contributed by atoms with Crippen LogP contribution >= 0.6 is 0 Å². The number of ether oxygens (including phenoxy) is 1. The standard InChI is InChI=1S/C28H28N2O3/c1-17-12-18(2)14-23(13-17)29-26-25(22-9-6-19(3)20(4)15-22)27(31)30(28(26)32)16-21-7-10-24(33-5)11-8-21/h6-15,29H,16H2,1-5H3. The number of amides is 2. The van der Waals surface area contributed by atoms with E-state index < -0.39 is 0 Å². The number of carbonyl (C=O) groups is 2. The van der Waals surface area contributed by atoms with E-state index in [2.05, 4.69) is 11.4 Å². The summed E-state index contributed by atoms with van der Waals surface area (Å²) < 4.78 is 5.21. The Morgan fingerprint density at radius 2 is 1.45 bits per heavy atom. The monoisotopic (exact) mass is 440 g/mol. The largest absolute Gasteiger partial charge is 0.497 e. The van der Waals surface area contributed by atoms with E-state index in [1.165, 1.54) is 4.90 Å². The van der Waals surface area contributed by atoms with E-state index in [1.54, 1.807) is 7.11 Å². The highest BCUT2D eigenvalue weighted by molar-refractivity contribution is 6.36. The van der Waals surface area contributed by atoms with Crippen molar-refractivity contribution in [3.63, 3.8) is 0 Å². The first-order valence-corrected chi connectivity index (χ1v) is 10.9. The maximum Gasteiger partial charge on any atom is 0.278 e. The Kier molecular flexibility index (Phi) is 6.05. The van der Waals surface area contributed by atoms with Crippen LogP contribution in [0.2, 0.25) is 0 Å². The van der Waals surface area contributed by atoms with E-state index >= 15 is 0 Å². The molecule has 0 aromatic heterocycles. The summed E-state index contributed by atoms with van der Waals surface area (Å²) in [5, 5.41) is 3.27. The highest BCUT2D eigenvalue weighted by Gasteiger charge is 2.39. The van der Waals surface area contributed by atoms with Gasteiger partial charge >= 0.3 is 0 Å². The van der Waals surface area contributed by atoms with Crippen LogP contribution in [-0.4, -0.2) is 23.8 Å². The van der Waals surface area contributed by atoms with Crippen LogP contribution in [0.15, 0.2) is 66.4 Å². The summed E-state index contributed by atoms with van der Waals surface area (Å²) in [7, 11) is 1.60. The third-order valence-corrected chi connectivity index (χ3v) is 5.95. The quantitative estimate of drug-likeness (QED) is 0.527. The maximum atomic E-state index is 13.6. The lowest BCUT2D eigenvalue weighted by Crippen LogP contribution is -2.32. The van der Waals surface area contributed by atoms with Gasteiger partial charge in [-0.3, -0.25) is 14.5 Å². The topological polar surface area (TPSA) is 58.6 Å². The number of anilines is 1. The van der Waals surface area contributed by atoms with Crippen LogP contribution in [0.3, 0.4) is 0 Å². The Balaban J connectivity index is 1.75. The average Bonchev–Trinajstić information content (AvgIpc) is 3.00. The average molecular weight is 441 g/mol. The van der Waals surface area contributed by atoms with Gasteiger partial charge in [0.05, 0.1) is 19.2 Å². The highest BCUT2D eigenvalue weighted by Crippen LogP contribution is 2.33. The van der Waals surface area contributed by atoms with E-state index in [0.29, 0.717) is 11.3 Å². The third-order valence-electron chi connectivity index (χ3n) is 5.95. The van der Waals surface area contributed by atoms with Crippen LogP contribution in [0.4, 0.5) is 5.69 Å². The summed E-state index contributed by atoms with van der Waals surface area (Å²) in [6.45, 7) is 8.24. The van der Waals surface area contributed by atoms with Gasteiger partial charge in [-0.05, 0) is 85.3 Å². The predicted molar refractivity (Wildman–Crippen MR) is 131 cm³/mol. The molecule has 1 heterocycles. The lowest BCUT2D eigenvalue weighted by Gasteiger charge is -2.16. The van der Waals surface area contributed by atoms with Crippen molar-refractivity contribution in [2.75, 3.05) is 12.4 Å². The van der Waals surface area contributed by atoms with E-state index in [1.807, 2.05) is 82.3 Å². The first kappa shape index (κ1) is 22.3. The minimum absolute atomic E-state index is 0.189. The van der Waals surface area contributed by atoms with Gasteiger partial charge in [0.15, 0.2) is 0 Å². The van der Waals surface area contributed by atoms with Crippen molar-refractivity contribution in [1.82, 2.24) is 4.90 Å². The molecule has 3 aromatic carbocycles. The van der Waals surface area contributed by atoms with Crippen LogP contribution in [-0.2, 0) is 16.1 Å². The number of aryl methyl sites for hydroxylation is 4. The smallest absolute Gasteiger partial charge is 0.278 e. The van der Waals surface area contributed by atoms with Crippen LogP contribution < -0.4 is 10.1 Å². The number of methoxy groups -OCH3 is 1. The SMILES string of the molecule is COc1ccc(CN2C(=O)C(Nc3cc(C)cc(C)c3)=C(c3ccc(C)c(C)c3)C2=O)cc1. The highest BCUT2D eigenvalue weighted by atomic mass is 16.5. The Morgan fingerprint density at radius 1 is 0.788 bits per heavy atom. The van der Waals surface area contributed by atoms with Gasteiger partial charge in [-0.1, -0.05) is 36.4 Å². The van der Waals surface area contributed by atoms with Crippen molar-refractivity contribution in [3.8, 4) is 5.75 Å². The molecule has 4 rings (SSSR count). The summed E-state index contributed by atoms with van der Waals surface area (Å²) in [6, 6.07) is 19.3. The lowest BCUT2D eigenvalue weighted by molar-refractivity contribution is -0.137. The van der Waals surface area contributed by atoms with Gasteiger partial charge in [0, 0.05) is 5.69 Å². The Bertz CT molecular complexity index is 1250. The van der Waals surface area contributed by atoms with Crippen molar-refractivity contribution in [1.29, 1.82) is 0 Å². The molecule has 0 atom stereocenters. The molecule has 5 heteroatoms. The Hall–Kier alpha value is -3.86. The molecular formula is C28H28N2O3. The number of hydrogen-bond acceptors (Lipinski definition) is 4. The van der Waals surface area contributed by atoms with Gasteiger partial charge < -0.3 is 10.1 Å². The van der Waals surface area contributed by atoms with E-state index in [4.69, 9.17) is 4.74 Å². The molecule has 1 N–H and O–H groups in total. The molecule has 3 aromatic rings. The summed E-state index contributed by atoms with van der Waals surface area (Å²) in [4.78, 5) is 28.4. The van der Waals surface area contributed by atoms with Crippen molar-refractivity contribution in [3.05, 3.63) is 99.7 Å². The second-order valence-electron chi connectivity index (χ2n) is 8.59. The lowest BCUT2D eigenvalue weighted by atomic mass is 9.99. The van der Waals surface area contributed by atoms with Crippen molar-refractivity contribution < 1.29 is 14.3 Å². The second-order valence-corrected chi connectivity index (χ2v) is 8.59. The number of nitrogens with one attached hydrogen (secondary N) is 1. The summed E-state index contributed by atoms with van der Waals surface area (Å²) >= 11 is 0. The van der Waals surface area contributed by atoms with Crippen molar-refractivity contribution in [2.24, 2.45) is 0 Å². The van der Waals surface area contributed by atoms with Crippen LogP contribution in [0.1, 0.15) is 33.4 Å². The van der Waals surface area contributed by atoms with Crippen LogP contribution in [0, 0.1) is 27.7 Å². The molecule has 0 unspecified atom stereocenters. The molecule has 1 aliphatic rings. The number of hydrogen-bond donors (Lipinski definition) is 1. The normalized spacial score (nSPS) is 13.7. The molecule has 5 nitrogen and oxygen atoms in total. The molecule has 33 heavy (non-hydrogen) atoms. The number of nitrogens with zero attached hydrogens (tertiary/aromatic N) is 1. The zero-order valence-electron chi connectivity index (χ0n) is 19.7. The molecular weight excluding hydrogens is 412 g/mol. The van der Waals surface area contributed by atoms with E-state index in [-0.39, 0.29) is 18.4 Å². The Morgan fingerprint density at radius 3 is 2.06 bits per heavy atom. The maximum absolute atomic E-state index is 13.6. The first-order chi connectivity index (χ1) is 15.8.